The number of hydrogen-bond acceptors (Lipinski definition) is 3. The van der Waals surface area contributed by atoms with Crippen LogP contribution in [-0.2, 0) is 0 Å². The first-order valence-electron chi connectivity index (χ1n) is 8.62. The summed E-state index contributed by atoms with van der Waals surface area (Å²) in [4.78, 5) is 11.4. The molecule has 124 valence electrons. The van der Waals surface area contributed by atoms with Crippen LogP contribution in [0, 0.1) is 10.1 Å². The van der Waals surface area contributed by atoms with Crippen LogP contribution in [0.3, 0.4) is 0 Å². The van der Waals surface area contributed by atoms with Crippen molar-refractivity contribution in [3.63, 3.8) is 0 Å². The third-order valence-electron chi connectivity index (χ3n) is 3.82. The zero-order valence-electron chi connectivity index (χ0n) is 13.8. The molecule has 0 amide bonds. The first kappa shape index (κ1) is 19.0. The van der Waals surface area contributed by atoms with Gasteiger partial charge in [-0.2, -0.15) is 0 Å². The molecule has 0 atom stereocenters. The molecule has 22 heavy (non-hydrogen) atoms. The van der Waals surface area contributed by atoms with E-state index in [9.17, 15) is 10.1 Å². The van der Waals surface area contributed by atoms with E-state index >= 15 is 0 Å². The smallest absolute Gasteiger partial charge is 0.258 e. The van der Waals surface area contributed by atoms with Gasteiger partial charge >= 0.3 is 0 Å². The molecule has 0 unspecified atom stereocenters. The third-order valence-corrected chi connectivity index (χ3v) is 4.97. The van der Waals surface area contributed by atoms with Crippen LogP contribution in [-0.4, -0.2) is 10.7 Å². The van der Waals surface area contributed by atoms with E-state index in [2.05, 4.69) is 6.92 Å². The number of benzene rings is 1. The van der Waals surface area contributed by atoms with Crippen LogP contribution >= 0.6 is 11.8 Å². The highest BCUT2D eigenvalue weighted by Gasteiger charge is 2.11. The molecule has 0 N–H and O–H groups in total. The number of nitro groups is 1. The van der Waals surface area contributed by atoms with Crippen molar-refractivity contribution in [3.8, 4) is 0 Å². The Bertz CT molecular complexity index is 423. The summed E-state index contributed by atoms with van der Waals surface area (Å²) in [5.41, 5.74) is 0.236. The Morgan fingerprint density at radius 3 is 2.05 bits per heavy atom. The molecule has 0 aliphatic carbocycles. The van der Waals surface area contributed by atoms with Gasteiger partial charge in [-0.3, -0.25) is 10.1 Å². The Balaban J connectivity index is 2.01. The van der Waals surface area contributed by atoms with Crippen molar-refractivity contribution in [2.75, 3.05) is 5.75 Å². The normalized spacial score (nSPS) is 10.8. The zero-order chi connectivity index (χ0) is 16.0. The van der Waals surface area contributed by atoms with Gasteiger partial charge in [0.1, 0.15) is 0 Å². The van der Waals surface area contributed by atoms with Crippen molar-refractivity contribution in [2.45, 2.75) is 76.0 Å². The number of nitro benzene ring substituents is 1. The minimum Gasteiger partial charge on any atom is -0.258 e. The summed E-state index contributed by atoms with van der Waals surface area (Å²) in [6, 6.07) is 7.02. The largest absolute Gasteiger partial charge is 0.282 e. The zero-order valence-corrected chi connectivity index (χ0v) is 14.6. The number of thioether (sulfide) groups is 1. The van der Waals surface area contributed by atoms with Crippen molar-refractivity contribution in [3.05, 3.63) is 34.4 Å². The van der Waals surface area contributed by atoms with E-state index in [4.69, 9.17) is 0 Å². The van der Waals surface area contributed by atoms with Crippen molar-refractivity contribution < 1.29 is 4.92 Å². The molecule has 0 saturated carbocycles. The summed E-state index contributed by atoms with van der Waals surface area (Å²) in [6.45, 7) is 2.25. The Labute approximate surface area is 139 Å². The predicted molar refractivity (Wildman–Crippen MR) is 95.7 cm³/mol. The summed E-state index contributed by atoms with van der Waals surface area (Å²) in [6.07, 6.45) is 13.2. The Hall–Kier alpha value is -1.03. The quantitative estimate of drug-likeness (QED) is 0.177. The van der Waals surface area contributed by atoms with Crippen LogP contribution in [0.5, 0.6) is 0 Å². The maximum Gasteiger partial charge on any atom is 0.282 e. The second-order valence-electron chi connectivity index (χ2n) is 5.76. The summed E-state index contributed by atoms with van der Waals surface area (Å²) >= 11 is 1.61. The summed E-state index contributed by atoms with van der Waals surface area (Å²) in [5.74, 6) is 0.974. The Morgan fingerprint density at radius 1 is 0.909 bits per heavy atom. The third kappa shape index (κ3) is 8.42. The Morgan fingerprint density at radius 2 is 1.45 bits per heavy atom. The molecule has 1 aromatic rings. The van der Waals surface area contributed by atoms with Crippen LogP contribution in [0.1, 0.15) is 71.1 Å². The summed E-state index contributed by atoms with van der Waals surface area (Å²) in [5, 5.41) is 10.9. The van der Waals surface area contributed by atoms with Gasteiger partial charge in [-0.1, -0.05) is 76.8 Å². The maximum atomic E-state index is 10.9. The lowest BCUT2D eigenvalue weighted by atomic mass is 10.1. The molecule has 3 nitrogen and oxygen atoms in total. The van der Waals surface area contributed by atoms with Gasteiger partial charge in [0.15, 0.2) is 0 Å². The van der Waals surface area contributed by atoms with E-state index in [1.807, 2.05) is 12.1 Å². The van der Waals surface area contributed by atoms with Gasteiger partial charge in [-0.25, -0.2) is 0 Å². The van der Waals surface area contributed by atoms with Crippen molar-refractivity contribution >= 4 is 17.4 Å². The fraction of sp³-hybridized carbons (Fsp3) is 0.667. The molecule has 0 aliphatic rings. The van der Waals surface area contributed by atoms with Crippen molar-refractivity contribution in [2.24, 2.45) is 0 Å². The van der Waals surface area contributed by atoms with Gasteiger partial charge in [0, 0.05) is 6.07 Å². The molecule has 1 rings (SSSR count). The minimum atomic E-state index is -0.291. The molecule has 0 radical (unpaired) electrons. The van der Waals surface area contributed by atoms with Gasteiger partial charge in [-0.15, -0.1) is 11.8 Å². The first-order chi connectivity index (χ1) is 10.8. The predicted octanol–water partition coefficient (Wildman–Crippen LogP) is 6.61. The van der Waals surface area contributed by atoms with Gasteiger partial charge < -0.3 is 0 Å². The average molecular weight is 324 g/mol. The fourth-order valence-electron chi connectivity index (χ4n) is 2.50. The van der Waals surface area contributed by atoms with Gasteiger partial charge in [0.25, 0.3) is 5.69 Å². The highest BCUT2D eigenvalue weighted by atomic mass is 32.2. The number of hydrogen-bond donors (Lipinski definition) is 0. The molecule has 0 heterocycles. The number of rotatable bonds is 13. The highest BCUT2D eigenvalue weighted by molar-refractivity contribution is 7.99. The van der Waals surface area contributed by atoms with E-state index in [0.29, 0.717) is 0 Å². The molecule has 0 bridgehead atoms. The van der Waals surface area contributed by atoms with Crippen LogP contribution < -0.4 is 0 Å². The molecule has 0 saturated heterocycles. The molecule has 0 aliphatic heterocycles. The molecule has 0 spiro atoms. The van der Waals surface area contributed by atoms with Gasteiger partial charge in [-0.05, 0) is 18.2 Å². The van der Waals surface area contributed by atoms with Crippen LogP contribution in [0.25, 0.3) is 0 Å². The standard InChI is InChI=1S/C18H29NO2S/c1-2-3-4-5-6-7-8-9-10-13-16-22-18-15-12-11-14-17(18)19(20)21/h11-12,14-15H,2-10,13,16H2,1H3. The lowest BCUT2D eigenvalue weighted by molar-refractivity contribution is -0.387. The number of nitrogens with zero attached hydrogens (tertiary/aromatic N) is 1. The molecule has 4 heteroatoms. The second kappa shape index (κ2) is 12.5. The number of para-hydroxylation sites is 1. The van der Waals surface area contributed by atoms with Gasteiger partial charge in [0.05, 0.1) is 9.82 Å². The monoisotopic (exact) mass is 323 g/mol. The fourth-order valence-corrected chi connectivity index (χ4v) is 3.54. The topological polar surface area (TPSA) is 43.1 Å². The second-order valence-corrected chi connectivity index (χ2v) is 6.89. The van der Waals surface area contributed by atoms with Crippen LogP contribution in [0.4, 0.5) is 5.69 Å². The molecular weight excluding hydrogens is 294 g/mol. The van der Waals surface area contributed by atoms with Crippen LogP contribution in [0.2, 0.25) is 0 Å². The first-order valence-corrected chi connectivity index (χ1v) is 9.60. The maximum absolute atomic E-state index is 10.9. The van der Waals surface area contributed by atoms with E-state index in [-0.39, 0.29) is 10.6 Å². The molecule has 0 fully saturated rings. The lowest BCUT2D eigenvalue weighted by Gasteiger charge is -2.04. The SMILES string of the molecule is CCCCCCCCCCCCSc1ccccc1[N+](=O)[O-]. The minimum absolute atomic E-state index is 0.236. The molecule has 0 aromatic heterocycles. The summed E-state index contributed by atoms with van der Waals surface area (Å²) < 4.78 is 0. The molecule has 1 aromatic carbocycles. The highest BCUT2D eigenvalue weighted by Crippen LogP contribution is 2.29. The van der Waals surface area contributed by atoms with Crippen molar-refractivity contribution in [1.82, 2.24) is 0 Å². The lowest BCUT2D eigenvalue weighted by Crippen LogP contribution is -1.91. The van der Waals surface area contributed by atoms with Gasteiger partial charge in [0.2, 0.25) is 0 Å². The molecular formula is C18H29NO2S. The van der Waals surface area contributed by atoms with Crippen LogP contribution in [0.15, 0.2) is 29.2 Å². The number of unbranched alkanes of at least 4 members (excludes halogenated alkanes) is 9. The average Bonchev–Trinajstić information content (AvgIpc) is 2.53. The van der Waals surface area contributed by atoms with E-state index in [0.717, 1.165) is 17.1 Å². The van der Waals surface area contributed by atoms with E-state index in [1.165, 1.54) is 57.8 Å². The van der Waals surface area contributed by atoms with E-state index < -0.39 is 0 Å². The van der Waals surface area contributed by atoms with E-state index in [1.54, 1.807) is 23.9 Å². The summed E-state index contributed by atoms with van der Waals surface area (Å²) in [7, 11) is 0. The van der Waals surface area contributed by atoms with Crippen molar-refractivity contribution in [1.29, 1.82) is 0 Å². The Kier molecular flexibility index (Phi) is 10.8.